The number of hydrogen-bond acceptors (Lipinski definition) is 3. The minimum atomic E-state index is 0.0882. The number of hydrogen-bond donors (Lipinski definition) is 2. The summed E-state index contributed by atoms with van der Waals surface area (Å²) in [5.41, 5.74) is 3.48. The van der Waals surface area contributed by atoms with Crippen molar-refractivity contribution in [2.45, 2.75) is 20.8 Å². The number of rotatable bonds is 2. The minimum Gasteiger partial charge on any atom is -0.506 e. The summed E-state index contributed by atoms with van der Waals surface area (Å²) in [4.78, 5) is 4.26. The van der Waals surface area contributed by atoms with Gasteiger partial charge in [-0.25, -0.2) is 0 Å². The van der Waals surface area contributed by atoms with Crippen LogP contribution in [0.4, 0.5) is 5.69 Å². The number of aliphatic imine (C=N–C) groups is 1. The van der Waals surface area contributed by atoms with Gasteiger partial charge in [-0.15, -0.1) is 0 Å². The van der Waals surface area contributed by atoms with Gasteiger partial charge in [-0.2, -0.15) is 0 Å². The minimum absolute atomic E-state index is 0.0882. The summed E-state index contributed by atoms with van der Waals surface area (Å²) in [7, 11) is 0. The molecule has 0 aliphatic heterocycles. The maximum atomic E-state index is 10.2. The molecule has 0 aliphatic rings. The second-order valence-corrected chi connectivity index (χ2v) is 6.06. The first-order valence-electron chi connectivity index (χ1n) is 6.33. The molecule has 0 spiro atoms. The van der Waals surface area contributed by atoms with Crippen molar-refractivity contribution < 1.29 is 10.2 Å². The molecule has 2 aromatic rings. The summed E-state index contributed by atoms with van der Waals surface area (Å²) in [5.74, 6) is 0.177. The third kappa shape index (κ3) is 3.06. The first-order valence-corrected chi connectivity index (χ1v) is 7.50. The summed E-state index contributed by atoms with van der Waals surface area (Å²) in [6, 6.07) is 5.16. The molecule has 0 radical (unpaired) electrons. The van der Waals surface area contributed by atoms with E-state index in [4.69, 9.17) is 11.6 Å². The number of aromatic hydroxyl groups is 2. The summed E-state index contributed by atoms with van der Waals surface area (Å²) < 4.78 is 0.549. The maximum absolute atomic E-state index is 10.2. The van der Waals surface area contributed by atoms with E-state index in [1.165, 1.54) is 6.21 Å². The Labute approximate surface area is 137 Å². The van der Waals surface area contributed by atoms with Gasteiger partial charge >= 0.3 is 0 Å². The van der Waals surface area contributed by atoms with Gasteiger partial charge in [0.25, 0.3) is 0 Å². The van der Waals surface area contributed by atoms with Gasteiger partial charge in [0.1, 0.15) is 17.2 Å². The Kier molecular flexibility index (Phi) is 4.59. The van der Waals surface area contributed by atoms with Gasteiger partial charge < -0.3 is 10.2 Å². The van der Waals surface area contributed by atoms with Crippen molar-refractivity contribution in [1.29, 1.82) is 0 Å². The second kappa shape index (κ2) is 6.08. The van der Waals surface area contributed by atoms with Crippen LogP contribution in [0.15, 0.2) is 27.7 Å². The Balaban J connectivity index is 2.54. The van der Waals surface area contributed by atoms with Gasteiger partial charge in [-0.3, -0.25) is 4.99 Å². The van der Waals surface area contributed by atoms with Crippen molar-refractivity contribution in [3.05, 3.63) is 49.9 Å². The molecule has 110 valence electrons. The number of phenolic OH excluding ortho intramolecular Hbond substituents is 2. The van der Waals surface area contributed by atoms with Gasteiger partial charge in [0, 0.05) is 16.8 Å². The molecule has 0 unspecified atom stereocenters. The Morgan fingerprint density at radius 1 is 1.14 bits per heavy atom. The molecule has 2 rings (SSSR count). The van der Waals surface area contributed by atoms with E-state index in [2.05, 4.69) is 20.9 Å². The van der Waals surface area contributed by atoms with E-state index in [1.54, 1.807) is 18.2 Å². The summed E-state index contributed by atoms with van der Waals surface area (Å²) in [6.07, 6.45) is 1.51. The third-order valence-corrected chi connectivity index (χ3v) is 4.86. The van der Waals surface area contributed by atoms with Crippen LogP contribution in [-0.2, 0) is 0 Å². The molecule has 0 atom stereocenters. The lowest BCUT2D eigenvalue weighted by molar-refractivity contribution is 0.470. The highest BCUT2D eigenvalue weighted by molar-refractivity contribution is 9.10. The molecule has 0 saturated heterocycles. The number of phenols is 2. The SMILES string of the molecule is Cc1ccc(O)c(N=Cc2c(C)c(Cl)c(C)c(Br)c2O)c1. The lowest BCUT2D eigenvalue weighted by Crippen LogP contribution is -1.94. The van der Waals surface area contributed by atoms with Gasteiger partial charge in [-0.1, -0.05) is 17.7 Å². The zero-order chi connectivity index (χ0) is 15.7. The average molecular weight is 369 g/mol. The van der Waals surface area contributed by atoms with Gasteiger partial charge in [0.05, 0.1) is 4.47 Å². The quantitative estimate of drug-likeness (QED) is 0.717. The molecular weight excluding hydrogens is 354 g/mol. The molecule has 0 aliphatic carbocycles. The van der Waals surface area contributed by atoms with E-state index < -0.39 is 0 Å². The topological polar surface area (TPSA) is 52.8 Å². The highest BCUT2D eigenvalue weighted by atomic mass is 79.9. The number of aryl methyl sites for hydroxylation is 1. The van der Waals surface area contributed by atoms with Crippen LogP contribution in [0.2, 0.25) is 5.02 Å². The maximum Gasteiger partial charge on any atom is 0.141 e. The average Bonchev–Trinajstić information content (AvgIpc) is 2.46. The van der Waals surface area contributed by atoms with Crippen molar-refractivity contribution in [3.8, 4) is 11.5 Å². The number of nitrogens with zero attached hydrogens (tertiary/aromatic N) is 1. The number of halogens is 2. The lowest BCUT2D eigenvalue weighted by Gasteiger charge is -2.12. The van der Waals surface area contributed by atoms with Crippen molar-refractivity contribution in [2.24, 2.45) is 4.99 Å². The lowest BCUT2D eigenvalue weighted by atomic mass is 10.0. The highest BCUT2D eigenvalue weighted by Gasteiger charge is 2.15. The van der Waals surface area contributed by atoms with Crippen LogP contribution in [0.1, 0.15) is 22.3 Å². The summed E-state index contributed by atoms with van der Waals surface area (Å²) in [6.45, 7) is 5.56. The van der Waals surface area contributed by atoms with Gasteiger partial charge in [-0.05, 0) is 65.5 Å². The van der Waals surface area contributed by atoms with Gasteiger partial charge in [0.15, 0.2) is 0 Å². The Morgan fingerprint density at radius 3 is 2.48 bits per heavy atom. The smallest absolute Gasteiger partial charge is 0.141 e. The predicted molar refractivity (Wildman–Crippen MR) is 90.4 cm³/mol. The van der Waals surface area contributed by atoms with E-state index in [0.29, 0.717) is 20.7 Å². The van der Waals surface area contributed by atoms with Crippen molar-refractivity contribution in [3.63, 3.8) is 0 Å². The van der Waals surface area contributed by atoms with E-state index in [-0.39, 0.29) is 11.5 Å². The Hall–Kier alpha value is -1.52. The van der Waals surface area contributed by atoms with E-state index in [1.807, 2.05) is 20.8 Å². The van der Waals surface area contributed by atoms with E-state index in [0.717, 1.165) is 16.7 Å². The fourth-order valence-corrected chi connectivity index (χ4v) is 2.72. The zero-order valence-electron chi connectivity index (χ0n) is 11.9. The fourth-order valence-electron chi connectivity index (χ4n) is 2.00. The summed E-state index contributed by atoms with van der Waals surface area (Å²) in [5, 5.41) is 20.6. The third-order valence-electron chi connectivity index (χ3n) is 3.32. The standard InChI is InChI=1S/C16H15BrClNO2/c1-8-4-5-13(20)12(6-8)19-7-11-9(2)15(18)10(3)14(17)16(11)21/h4-7,20-21H,1-3H3. The van der Waals surface area contributed by atoms with Crippen LogP contribution < -0.4 is 0 Å². The molecule has 5 heteroatoms. The molecule has 0 amide bonds. The van der Waals surface area contributed by atoms with Crippen molar-refractivity contribution in [2.75, 3.05) is 0 Å². The fraction of sp³-hybridized carbons (Fsp3) is 0.188. The van der Waals surface area contributed by atoms with Gasteiger partial charge in [0.2, 0.25) is 0 Å². The van der Waals surface area contributed by atoms with Crippen molar-refractivity contribution in [1.82, 2.24) is 0 Å². The zero-order valence-corrected chi connectivity index (χ0v) is 14.2. The van der Waals surface area contributed by atoms with Crippen LogP contribution in [0.5, 0.6) is 11.5 Å². The van der Waals surface area contributed by atoms with Crippen molar-refractivity contribution >= 4 is 39.4 Å². The normalized spacial score (nSPS) is 11.3. The molecule has 0 heterocycles. The first-order chi connectivity index (χ1) is 9.82. The molecule has 21 heavy (non-hydrogen) atoms. The van der Waals surface area contributed by atoms with Crippen LogP contribution in [0, 0.1) is 20.8 Å². The Morgan fingerprint density at radius 2 is 1.81 bits per heavy atom. The molecule has 3 nitrogen and oxygen atoms in total. The molecule has 0 aromatic heterocycles. The summed E-state index contributed by atoms with van der Waals surface area (Å²) >= 11 is 9.57. The molecule has 0 fully saturated rings. The van der Waals surface area contributed by atoms with Crippen LogP contribution in [-0.4, -0.2) is 16.4 Å². The Bertz CT molecular complexity index is 713. The molecule has 0 saturated carbocycles. The second-order valence-electron chi connectivity index (χ2n) is 4.89. The highest BCUT2D eigenvalue weighted by Crippen LogP contribution is 2.38. The molecule has 2 aromatic carbocycles. The molecule has 0 bridgehead atoms. The van der Waals surface area contributed by atoms with E-state index in [9.17, 15) is 10.2 Å². The molecular formula is C16H15BrClNO2. The first kappa shape index (κ1) is 15.9. The van der Waals surface area contributed by atoms with Crippen LogP contribution in [0.25, 0.3) is 0 Å². The van der Waals surface area contributed by atoms with E-state index >= 15 is 0 Å². The number of benzene rings is 2. The van der Waals surface area contributed by atoms with Crippen LogP contribution >= 0.6 is 27.5 Å². The van der Waals surface area contributed by atoms with Crippen LogP contribution in [0.3, 0.4) is 0 Å². The molecule has 2 N–H and O–H groups in total. The monoisotopic (exact) mass is 367 g/mol. The largest absolute Gasteiger partial charge is 0.506 e. The predicted octanol–water partition coefficient (Wildman–Crippen LogP) is 5.19.